The zero-order chi connectivity index (χ0) is 14.5. The highest BCUT2D eigenvalue weighted by Gasteiger charge is 2.20. The Morgan fingerprint density at radius 1 is 1.47 bits per heavy atom. The summed E-state index contributed by atoms with van der Waals surface area (Å²) in [4.78, 5) is 0.0496. The molecule has 0 saturated heterocycles. The molecule has 0 unspecified atom stereocenters. The van der Waals surface area contributed by atoms with Crippen molar-refractivity contribution in [3.8, 4) is 0 Å². The van der Waals surface area contributed by atoms with Crippen molar-refractivity contribution in [1.82, 2.24) is 9.78 Å². The first-order valence-corrected chi connectivity index (χ1v) is 8.82. The van der Waals surface area contributed by atoms with Gasteiger partial charge in [0.15, 0.2) is 0 Å². The number of ether oxygens (including phenoxy) is 1. The van der Waals surface area contributed by atoms with Gasteiger partial charge in [0.25, 0.3) is 9.05 Å². The van der Waals surface area contributed by atoms with Crippen LogP contribution in [-0.4, -0.2) is 24.3 Å². The predicted octanol–water partition coefficient (Wildman–Crippen LogP) is 2.93. The summed E-state index contributed by atoms with van der Waals surface area (Å²) < 4.78 is 30.2. The summed E-state index contributed by atoms with van der Waals surface area (Å²) >= 11 is 0. The van der Waals surface area contributed by atoms with Gasteiger partial charge in [-0.15, -0.1) is 0 Å². The summed E-state index contributed by atoms with van der Waals surface area (Å²) in [6, 6.07) is 0. The molecule has 0 amide bonds. The Kier molecular flexibility index (Phi) is 6.29. The number of unbranched alkanes of at least 4 members (excludes halogenated alkanes) is 1. The number of halogens is 1. The fraction of sp³-hybridized carbons (Fsp3) is 0.750. The predicted molar refractivity (Wildman–Crippen MR) is 74.7 cm³/mol. The molecule has 1 aromatic heterocycles. The van der Waals surface area contributed by atoms with Gasteiger partial charge in [-0.25, -0.2) is 8.42 Å². The maximum atomic E-state index is 11.5. The van der Waals surface area contributed by atoms with E-state index in [1.54, 1.807) is 4.68 Å². The highest BCUT2D eigenvalue weighted by Crippen LogP contribution is 2.20. The molecule has 0 aliphatic carbocycles. The normalized spacial score (nSPS) is 13.7. The van der Waals surface area contributed by atoms with Gasteiger partial charge in [-0.05, 0) is 19.8 Å². The van der Waals surface area contributed by atoms with Crippen LogP contribution in [0.1, 0.15) is 45.7 Å². The summed E-state index contributed by atoms with van der Waals surface area (Å²) in [5, 5.41) is 4.25. The van der Waals surface area contributed by atoms with Gasteiger partial charge in [0.05, 0.1) is 12.7 Å². The maximum Gasteiger partial charge on any atom is 0.264 e. The first kappa shape index (κ1) is 16.5. The Morgan fingerprint density at radius 3 is 2.68 bits per heavy atom. The Bertz CT molecular complexity index is 499. The van der Waals surface area contributed by atoms with Crippen LogP contribution in [0.5, 0.6) is 0 Å². The molecule has 1 atom stereocenters. The van der Waals surface area contributed by atoms with Crippen LogP contribution in [-0.2, 0) is 26.9 Å². The third-order valence-corrected chi connectivity index (χ3v) is 4.25. The molecule has 7 heteroatoms. The number of aromatic nitrogens is 2. The molecule has 19 heavy (non-hydrogen) atoms. The molecule has 0 radical (unpaired) electrons. The molecule has 1 aromatic rings. The average molecular weight is 309 g/mol. The zero-order valence-electron chi connectivity index (χ0n) is 11.6. The molecule has 110 valence electrons. The lowest BCUT2D eigenvalue weighted by Crippen LogP contribution is -2.08. The van der Waals surface area contributed by atoms with Crippen molar-refractivity contribution in [3.63, 3.8) is 0 Å². The van der Waals surface area contributed by atoms with Crippen LogP contribution >= 0.6 is 10.7 Å². The van der Waals surface area contributed by atoms with Gasteiger partial charge in [-0.1, -0.05) is 20.3 Å². The molecule has 0 saturated carbocycles. The minimum Gasteiger partial charge on any atom is -0.372 e. The van der Waals surface area contributed by atoms with E-state index in [0.29, 0.717) is 12.2 Å². The van der Waals surface area contributed by atoms with E-state index in [4.69, 9.17) is 15.4 Å². The molecule has 0 aliphatic heterocycles. The van der Waals surface area contributed by atoms with Gasteiger partial charge in [-0.2, -0.15) is 5.10 Å². The van der Waals surface area contributed by atoms with E-state index in [-0.39, 0.29) is 17.6 Å². The minimum absolute atomic E-state index is 0.0496. The highest BCUT2D eigenvalue weighted by molar-refractivity contribution is 8.13. The van der Waals surface area contributed by atoms with E-state index in [2.05, 4.69) is 12.0 Å². The smallest absolute Gasteiger partial charge is 0.264 e. The lowest BCUT2D eigenvalue weighted by Gasteiger charge is -2.09. The highest BCUT2D eigenvalue weighted by atomic mass is 35.7. The van der Waals surface area contributed by atoms with Gasteiger partial charge in [0.1, 0.15) is 10.6 Å². The molecule has 0 spiro atoms. The van der Waals surface area contributed by atoms with Crippen LogP contribution in [0.3, 0.4) is 0 Å². The van der Waals surface area contributed by atoms with Gasteiger partial charge in [0, 0.05) is 23.4 Å². The fourth-order valence-electron chi connectivity index (χ4n) is 1.52. The molecule has 0 fully saturated rings. The van der Waals surface area contributed by atoms with Crippen molar-refractivity contribution in [2.45, 2.75) is 64.2 Å². The number of rotatable bonds is 8. The third-order valence-electron chi connectivity index (χ3n) is 2.88. The monoisotopic (exact) mass is 308 g/mol. The summed E-state index contributed by atoms with van der Waals surface area (Å²) in [6.45, 7) is 6.84. The Labute approximate surface area is 119 Å². The molecule has 5 nitrogen and oxygen atoms in total. The van der Waals surface area contributed by atoms with Crippen molar-refractivity contribution in [1.29, 1.82) is 0 Å². The van der Waals surface area contributed by atoms with E-state index >= 15 is 0 Å². The molecule has 0 aromatic carbocycles. The van der Waals surface area contributed by atoms with Crippen LogP contribution in [0, 0.1) is 0 Å². The van der Waals surface area contributed by atoms with Gasteiger partial charge in [0.2, 0.25) is 0 Å². The molecule has 0 bridgehead atoms. The van der Waals surface area contributed by atoms with Crippen LogP contribution < -0.4 is 0 Å². The maximum absolute atomic E-state index is 11.5. The topological polar surface area (TPSA) is 61.2 Å². The molecule has 1 rings (SSSR count). The summed E-state index contributed by atoms with van der Waals surface area (Å²) in [7, 11) is 1.64. The number of hydrogen-bond donors (Lipinski definition) is 0. The SMILES string of the molecule is CCCCn1cc(S(=O)(=O)Cl)c(CO[C@H](C)CC)n1. The Morgan fingerprint density at radius 2 is 2.16 bits per heavy atom. The first-order valence-electron chi connectivity index (χ1n) is 6.51. The fourth-order valence-corrected chi connectivity index (χ4v) is 2.54. The van der Waals surface area contributed by atoms with E-state index in [1.807, 2.05) is 13.8 Å². The van der Waals surface area contributed by atoms with Crippen molar-refractivity contribution in [3.05, 3.63) is 11.9 Å². The lowest BCUT2D eigenvalue weighted by atomic mass is 10.3. The van der Waals surface area contributed by atoms with Crippen LogP contribution in [0.15, 0.2) is 11.1 Å². The van der Waals surface area contributed by atoms with Crippen molar-refractivity contribution < 1.29 is 13.2 Å². The standard InChI is InChI=1S/C12H21ClN2O3S/c1-4-6-7-15-8-12(19(13,16)17)11(14-15)9-18-10(3)5-2/h8,10H,4-7,9H2,1-3H3/t10-/m1/s1. The van der Waals surface area contributed by atoms with E-state index in [9.17, 15) is 8.42 Å². The molecule has 1 heterocycles. The zero-order valence-corrected chi connectivity index (χ0v) is 13.2. The van der Waals surface area contributed by atoms with E-state index in [1.165, 1.54) is 6.20 Å². The summed E-state index contributed by atoms with van der Waals surface area (Å²) in [5.74, 6) is 0. The first-order chi connectivity index (χ1) is 8.88. The second-order valence-electron chi connectivity index (χ2n) is 4.52. The van der Waals surface area contributed by atoms with E-state index < -0.39 is 9.05 Å². The molecular weight excluding hydrogens is 288 g/mol. The number of aryl methyl sites for hydroxylation is 1. The molecule has 0 N–H and O–H groups in total. The van der Waals surface area contributed by atoms with E-state index in [0.717, 1.165) is 19.3 Å². The molecule has 0 aliphatic rings. The molecular formula is C12H21ClN2O3S. The van der Waals surface area contributed by atoms with Gasteiger partial charge >= 0.3 is 0 Å². The average Bonchev–Trinajstić information content (AvgIpc) is 2.76. The van der Waals surface area contributed by atoms with Crippen molar-refractivity contribution in [2.24, 2.45) is 0 Å². The lowest BCUT2D eigenvalue weighted by molar-refractivity contribution is 0.0474. The Hall–Kier alpha value is -0.590. The van der Waals surface area contributed by atoms with Crippen molar-refractivity contribution >= 4 is 19.7 Å². The second-order valence-corrected chi connectivity index (χ2v) is 7.06. The number of hydrogen-bond acceptors (Lipinski definition) is 4. The van der Waals surface area contributed by atoms with Crippen LogP contribution in [0.4, 0.5) is 0 Å². The number of nitrogens with zero attached hydrogens (tertiary/aromatic N) is 2. The quantitative estimate of drug-likeness (QED) is 0.693. The van der Waals surface area contributed by atoms with Crippen LogP contribution in [0.2, 0.25) is 0 Å². The van der Waals surface area contributed by atoms with Gasteiger partial charge in [-0.3, -0.25) is 4.68 Å². The minimum atomic E-state index is -3.78. The van der Waals surface area contributed by atoms with Gasteiger partial charge < -0.3 is 4.74 Å². The summed E-state index contributed by atoms with van der Waals surface area (Å²) in [6.07, 6.45) is 4.36. The second kappa shape index (κ2) is 7.26. The summed E-state index contributed by atoms with van der Waals surface area (Å²) in [5.41, 5.74) is 0.381. The Balaban J connectivity index is 2.90. The van der Waals surface area contributed by atoms with Crippen LogP contribution in [0.25, 0.3) is 0 Å². The third kappa shape index (κ3) is 5.12. The van der Waals surface area contributed by atoms with Crippen molar-refractivity contribution in [2.75, 3.05) is 0 Å². The largest absolute Gasteiger partial charge is 0.372 e.